The van der Waals surface area contributed by atoms with Gasteiger partial charge in [0.25, 0.3) is 5.91 Å². The van der Waals surface area contributed by atoms with Crippen molar-refractivity contribution in [1.29, 1.82) is 0 Å². The van der Waals surface area contributed by atoms with Crippen LogP contribution in [0.25, 0.3) is 11.0 Å². The zero-order chi connectivity index (χ0) is 22.0. The van der Waals surface area contributed by atoms with Crippen molar-refractivity contribution in [2.45, 2.75) is 24.3 Å². The van der Waals surface area contributed by atoms with Gasteiger partial charge in [0.1, 0.15) is 5.58 Å². The van der Waals surface area contributed by atoms with Crippen LogP contribution in [0.5, 0.6) is 0 Å². The van der Waals surface area contributed by atoms with Gasteiger partial charge >= 0.3 is 0 Å². The number of anilines is 1. The average Bonchev–Trinajstić information content (AvgIpc) is 3.13. The van der Waals surface area contributed by atoms with Gasteiger partial charge in [-0.25, -0.2) is 9.97 Å². The quantitative estimate of drug-likeness (QED) is 0.224. The van der Waals surface area contributed by atoms with E-state index in [1.54, 1.807) is 48.5 Å². The maximum atomic E-state index is 13.1. The third-order valence-corrected chi connectivity index (χ3v) is 5.51. The predicted molar refractivity (Wildman–Crippen MR) is 122 cm³/mol. The second kappa shape index (κ2) is 8.91. The summed E-state index contributed by atoms with van der Waals surface area (Å²) in [6, 6.07) is 15.9. The number of hydrogen-bond donors (Lipinski definition) is 1. The van der Waals surface area contributed by atoms with E-state index in [9.17, 15) is 9.59 Å². The van der Waals surface area contributed by atoms with Crippen molar-refractivity contribution in [1.82, 2.24) is 9.97 Å². The molecule has 2 aromatic heterocycles. The molecule has 0 spiro atoms. The zero-order valence-electron chi connectivity index (χ0n) is 16.8. The lowest BCUT2D eigenvalue weighted by molar-refractivity contribution is 0.101. The molecule has 0 aliphatic carbocycles. The van der Waals surface area contributed by atoms with Crippen molar-refractivity contribution in [2.75, 3.05) is 5.32 Å². The molecule has 4 rings (SSSR count). The number of furan rings is 1. The molecule has 0 saturated carbocycles. The number of carbonyl (C=O) groups excluding carboxylic acids is 2. The molecule has 1 amide bonds. The van der Waals surface area contributed by atoms with Crippen molar-refractivity contribution < 1.29 is 14.0 Å². The van der Waals surface area contributed by atoms with E-state index in [-0.39, 0.29) is 33.2 Å². The van der Waals surface area contributed by atoms with Crippen LogP contribution >= 0.6 is 23.4 Å². The molecule has 0 fully saturated rings. The molecule has 1 N–H and O–H groups in total. The first kappa shape index (κ1) is 21.1. The van der Waals surface area contributed by atoms with Crippen LogP contribution in [-0.4, -0.2) is 26.9 Å². The third-order valence-electron chi connectivity index (χ3n) is 4.35. The lowest BCUT2D eigenvalue weighted by Crippen LogP contribution is -2.17. The normalized spacial score (nSPS) is 11.1. The Balaban J connectivity index is 1.75. The van der Waals surface area contributed by atoms with Gasteiger partial charge in [-0.05, 0) is 12.1 Å². The third kappa shape index (κ3) is 4.47. The largest absolute Gasteiger partial charge is 0.450 e. The van der Waals surface area contributed by atoms with Crippen LogP contribution in [0.15, 0.2) is 70.4 Å². The summed E-state index contributed by atoms with van der Waals surface area (Å²) in [5.41, 5.74) is 1.25. The number of rotatable bonds is 6. The maximum Gasteiger partial charge on any atom is 0.276 e. The molecule has 8 heteroatoms. The smallest absolute Gasteiger partial charge is 0.276 e. The number of halogens is 1. The minimum absolute atomic E-state index is 0.0307. The summed E-state index contributed by atoms with van der Waals surface area (Å²) < 4.78 is 5.82. The van der Waals surface area contributed by atoms with E-state index in [1.165, 1.54) is 18.0 Å². The molecule has 2 aromatic carbocycles. The Morgan fingerprint density at radius 1 is 1.06 bits per heavy atom. The van der Waals surface area contributed by atoms with Crippen LogP contribution in [0.1, 0.15) is 40.5 Å². The fourth-order valence-electron chi connectivity index (χ4n) is 3.00. The van der Waals surface area contributed by atoms with Gasteiger partial charge in [0.2, 0.25) is 5.78 Å². The van der Waals surface area contributed by atoms with Gasteiger partial charge in [-0.2, -0.15) is 0 Å². The lowest BCUT2D eigenvalue weighted by atomic mass is 10.1. The molecule has 31 heavy (non-hydrogen) atoms. The molecule has 0 saturated heterocycles. The summed E-state index contributed by atoms with van der Waals surface area (Å²) in [7, 11) is 0. The molecule has 6 nitrogen and oxygen atoms in total. The maximum absolute atomic E-state index is 13.1. The highest BCUT2D eigenvalue weighted by molar-refractivity contribution is 7.99. The Morgan fingerprint density at radius 2 is 1.77 bits per heavy atom. The second-order valence-corrected chi connectivity index (χ2v) is 8.92. The van der Waals surface area contributed by atoms with E-state index in [4.69, 9.17) is 16.0 Å². The average molecular weight is 452 g/mol. The summed E-state index contributed by atoms with van der Waals surface area (Å²) in [5, 5.41) is 4.20. The van der Waals surface area contributed by atoms with Gasteiger partial charge in [0.15, 0.2) is 16.6 Å². The van der Waals surface area contributed by atoms with Gasteiger partial charge in [-0.1, -0.05) is 79.7 Å². The van der Waals surface area contributed by atoms with Crippen LogP contribution in [0.2, 0.25) is 5.02 Å². The Labute approximate surface area is 188 Å². The number of benzene rings is 2. The second-order valence-electron chi connectivity index (χ2n) is 6.97. The standard InChI is InChI=1S/C23H18ClN3O3S/c1-13(2)31-23-25-12-16(24)19(27-23)22(29)26-18-15-10-6-7-11-17(15)30-21(18)20(28)14-8-4-3-5-9-14/h3-13H,1-2H3,(H,26,29). The summed E-state index contributed by atoms with van der Waals surface area (Å²) >= 11 is 7.62. The first-order valence-corrected chi connectivity index (χ1v) is 10.8. The zero-order valence-corrected chi connectivity index (χ0v) is 18.3. The lowest BCUT2D eigenvalue weighted by Gasteiger charge is -2.09. The first-order chi connectivity index (χ1) is 14.9. The number of aromatic nitrogens is 2. The molecule has 2 heterocycles. The molecule has 0 bridgehead atoms. The van der Waals surface area contributed by atoms with Gasteiger partial charge in [0.05, 0.1) is 16.9 Å². The van der Waals surface area contributed by atoms with Crippen molar-refractivity contribution in [2.24, 2.45) is 0 Å². The summed E-state index contributed by atoms with van der Waals surface area (Å²) in [6.45, 7) is 4.00. The number of carbonyl (C=O) groups is 2. The molecule has 0 aliphatic rings. The molecule has 156 valence electrons. The number of nitrogens with one attached hydrogen (secondary N) is 1. The Hall–Kier alpha value is -3.16. The van der Waals surface area contributed by atoms with Gasteiger partial charge in [-0.15, -0.1) is 0 Å². The SMILES string of the molecule is CC(C)Sc1ncc(Cl)c(C(=O)Nc2c(C(=O)c3ccccc3)oc3ccccc23)n1. The Bertz CT molecular complexity index is 1270. The molecule has 0 aliphatic heterocycles. The highest BCUT2D eigenvalue weighted by Crippen LogP contribution is 2.33. The van der Waals surface area contributed by atoms with Crippen LogP contribution in [0, 0.1) is 0 Å². The van der Waals surface area contributed by atoms with Crippen LogP contribution in [0.3, 0.4) is 0 Å². The molecule has 4 aromatic rings. The highest BCUT2D eigenvalue weighted by Gasteiger charge is 2.25. The number of nitrogens with zero attached hydrogens (tertiary/aromatic N) is 2. The number of fused-ring (bicyclic) bond motifs is 1. The number of thioether (sulfide) groups is 1. The van der Waals surface area contributed by atoms with Crippen molar-refractivity contribution in [3.05, 3.63) is 82.8 Å². The van der Waals surface area contributed by atoms with Gasteiger partial charge in [0, 0.05) is 16.2 Å². The molecule has 0 atom stereocenters. The number of hydrogen-bond acceptors (Lipinski definition) is 6. The molecular weight excluding hydrogens is 434 g/mol. The van der Waals surface area contributed by atoms with Crippen LogP contribution < -0.4 is 5.32 Å². The van der Waals surface area contributed by atoms with Crippen molar-refractivity contribution >= 4 is 51.7 Å². The fraction of sp³-hybridized carbons (Fsp3) is 0.130. The predicted octanol–water partition coefficient (Wildman–Crippen LogP) is 5.86. The van der Waals surface area contributed by atoms with Crippen molar-refractivity contribution in [3.63, 3.8) is 0 Å². The molecule has 0 radical (unpaired) electrons. The number of para-hydroxylation sites is 1. The van der Waals surface area contributed by atoms with E-state index in [0.29, 0.717) is 21.7 Å². The monoisotopic (exact) mass is 451 g/mol. The van der Waals surface area contributed by atoms with E-state index in [2.05, 4.69) is 15.3 Å². The number of ketones is 1. The minimum Gasteiger partial charge on any atom is -0.450 e. The Morgan fingerprint density at radius 3 is 2.52 bits per heavy atom. The summed E-state index contributed by atoms with van der Waals surface area (Å²) in [5.74, 6) is -0.841. The number of amides is 1. The van der Waals surface area contributed by atoms with E-state index < -0.39 is 5.91 Å². The molecule has 0 unspecified atom stereocenters. The van der Waals surface area contributed by atoms with Gasteiger partial charge < -0.3 is 9.73 Å². The molecular formula is C23H18ClN3O3S. The fourth-order valence-corrected chi connectivity index (χ4v) is 3.86. The Kier molecular flexibility index (Phi) is 6.06. The van der Waals surface area contributed by atoms with E-state index in [0.717, 1.165) is 0 Å². The highest BCUT2D eigenvalue weighted by atomic mass is 35.5. The summed E-state index contributed by atoms with van der Waals surface area (Å²) in [6.07, 6.45) is 1.40. The van der Waals surface area contributed by atoms with Crippen LogP contribution in [0.4, 0.5) is 5.69 Å². The minimum atomic E-state index is -0.549. The van der Waals surface area contributed by atoms with E-state index >= 15 is 0 Å². The topological polar surface area (TPSA) is 85.1 Å². The summed E-state index contributed by atoms with van der Waals surface area (Å²) in [4.78, 5) is 34.6. The first-order valence-electron chi connectivity index (χ1n) is 9.56. The van der Waals surface area contributed by atoms with E-state index in [1.807, 2.05) is 19.9 Å². The van der Waals surface area contributed by atoms with Gasteiger partial charge in [-0.3, -0.25) is 9.59 Å². The van der Waals surface area contributed by atoms with Crippen molar-refractivity contribution in [3.8, 4) is 0 Å². The van der Waals surface area contributed by atoms with Crippen LogP contribution in [-0.2, 0) is 0 Å².